The highest BCUT2D eigenvalue weighted by atomic mass is 19.1. The van der Waals surface area contributed by atoms with Crippen LogP contribution in [0.25, 0.3) is 10.8 Å². The Morgan fingerprint density at radius 1 is 1.37 bits per heavy atom. The predicted molar refractivity (Wildman–Crippen MR) is 70.2 cm³/mol. The van der Waals surface area contributed by atoms with Gasteiger partial charge in [0.25, 0.3) is 0 Å². The van der Waals surface area contributed by atoms with Gasteiger partial charge in [-0.2, -0.15) is 0 Å². The van der Waals surface area contributed by atoms with Gasteiger partial charge >= 0.3 is 5.97 Å². The Hall–Kier alpha value is -2.36. The van der Waals surface area contributed by atoms with E-state index < -0.39 is 11.8 Å². The molecule has 0 saturated carbocycles. The summed E-state index contributed by atoms with van der Waals surface area (Å²) >= 11 is 0. The molecule has 0 heterocycles. The van der Waals surface area contributed by atoms with E-state index in [0.29, 0.717) is 16.3 Å². The number of hydrogen-bond donors (Lipinski definition) is 1. The molecule has 0 aliphatic heterocycles. The number of esters is 1. The lowest BCUT2D eigenvalue weighted by molar-refractivity contribution is -0.140. The van der Waals surface area contributed by atoms with Gasteiger partial charge in [0.1, 0.15) is 6.61 Å². The summed E-state index contributed by atoms with van der Waals surface area (Å²) in [6.45, 7) is 5.16. The molecular weight excluding hydrogens is 247 g/mol. The summed E-state index contributed by atoms with van der Waals surface area (Å²) in [4.78, 5) is 11.3. The van der Waals surface area contributed by atoms with Crippen LogP contribution >= 0.6 is 0 Å². The van der Waals surface area contributed by atoms with E-state index in [4.69, 9.17) is 4.74 Å². The third-order valence-electron chi connectivity index (χ3n) is 2.72. The summed E-state index contributed by atoms with van der Waals surface area (Å²) in [6.07, 6.45) is 0. The van der Waals surface area contributed by atoms with Crippen molar-refractivity contribution in [2.45, 2.75) is 13.5 Å². The van der Waals surface area contributed by atoms with Crippen molar-refractivity contribution >= 4 is 16.7 Å². The van der Waals surface area contributed by atoms with E-state index in [1.54, 1.807) is 31.2 Å². The quantitative estimate of drug-likeness (QED) is 0.680. The Morgan fingerprint density at radius 2 is 2.11 bits per heavy atom. The molecule has 0 fully saturated rings. The van der Waals surface area contributed by atoms with Crippen molar-refractivity contribution in [2.75, 3.05) is 0 Å². The number of carbonyl (C=O) groups is 1. The number of phenolic OH excluding ortho intramolecular Hbond substituents is 1. The minimum atomic E-state index is -0.650. The van der Waals surface area contributed by atoms with E-state index >= 15 is 0 Å². The van der Waals surface area contributed by atoms with Gasteiger partial charge in [-0.1, -0.05) is 24.8 Å². The number of halogens is 1. The fourth-order valence-corrected chi connectivity index (χ4v) is 1.69. The zero-order valence-corrected chi connectivity index (χ0v) is 10.4. The van der Waals surface area contributed by atoms with Gasteiger partial charge < -0.3 is 9.84 Å². The monoisotopic (exact) mass is 260 g/mol. The van der Waals surface area contributed by atoms with Gasteiger partial charge in [-0.05, 0) is 30.0 Å². The first kappa shape index (κ1) is 13.1. The van der Waals surface area contributed by atoms with Crippen LogP contribution in [0.3, 0.4) is 0 Å². The summed E-state index contributed by atoms with van der Waals surface area (Å²) in [5, 5.41) is 10.2. The second-order valence-corrected chi connectivity index (χ2v) is 4.31. The first-order valence-electron chi connectivity index (χ1n) is 5.72. The maximum Gasteiger partial charge on any atom is 0.333 e. The Labute approximate surface area is 109 Å². The van der Waals surface area contributed by atoms with Crippen LogP contribution in [0.2, 0.25) is 0 Å². The molecule has 4 heteroatoms. The molecule has 0 radical (unpaired) electrons. The van der Waals surface area contributed by atoms with Crippen LogP contribution in [0.5, 0.6) is 5.75 Å². The first-order valence-corrected chi connectivity index (χ1v) is 5.72. The highest BCUT2D eigenvalue weighted by molar-refractivity contribution is 5.87. The van der Waals surface area contributed by atoms with E-state index in [-0.39, 0.29) is 12.4 Å². The molecule has 19 heavy (non-hydrogen) atoms. The Morgan fingerprint density at radius 3 is 2.79 bits per heavy atom. The van der Waals surface area contributed by atoms with E-state index in [9.17, 15) is 14.3 Å². The van der Waals surface area contributed by atoms with E-state index in [1.807, 2.05) is 0 Å². The average molecular weight is 260 g/mol. The molecular formula is C15H13FO3. The first-order chi connectivity index (χ1) is 8.99. The standard InChI is InChI=1S/C15H13FO3/c1-9(2)15(18)19-8-10-3-5-12-11(7-10)4-6-13(17)14(12)16/h3-7,17H,1,8H2,2H3. The molecule has 2 aromatic carbocycles. The van der Waals surface area contributed by atoms with Crippen molar-refractivity contribution in [3.8, 4) is 5.75 Å². The molecule has 0 aliphatic carbocycles. The number of fused-ring (bicyclic) bond motifs is 1. The van der Waals surface area contributed by atoms with E-state index in [1.165, 1.54) is 6.07 Å². The molecule has 0 saturated heterocycles. The third-order valence-corrected chi connectivity index (χ3v) is 2.72. The van der Waals surface area contributed by atoms with Crippen molar-refractivity contribution in [3.05, 3.63) is 53.9 Å². The van der Waals surface area contributed by atoms with Crippen LogP contribution in [-0.4, -0.2) is 11.1 Å². The lowest BCUT2D eigenvalue weighted by atomic mass is 10.1. The van der Waals surface area contributed by atoms with E-state index in [2.05, 4.69) is 6.58 Å². The van der Waals surface area contributed by atoms with Crippen molar-refractivity contribution in [3.63, 3.8) is 0 Å². The predicted octanol–water partition coefficient (Wildman–Crippen LogP) is 3.30. The number of ether oxygens (including phenoxy) is 1. The highest BCUT2D eigenvalue weighted by Gasteiger charge is 2.08. The Bertz CT molecular complexity index is 662. The van der Waals surface area contributed by atoms with Crippen molar-refractivity contribution in [1.29, 1.82) is 0 Å². The molecule has 3 nitrogen and oxygen atoms in total. The molecule has 1 N–H and O–H groups in total. The Balaban J connectivity index is 2.25. The zero-order valence-electron chi connectivity index (χ0n) is 10.4. The molecule has 2 rings (SSSR count). The van der Waals surface area contributed by atoms with Gasteiger partial charge in [-0.25, -0.2) is 9.18 Å². The van der Waals surface area contributed by atoms with E-state index in [0.717, 1.165) is 5.56 Å². The van der Waals surface area contributed by atoms with Crippen molar-refractivity contribution in [1.82, 2.24) is 0 Å². The third kappa shape index (κ3) is 2.73. The van der Waals surface area contributed by atoms with Crippen molar-refractivity contribution < 1.29 is 19.0 Å². The molecule has 0 unspecified atom stereocenters. The van der Waals surface area contributed by atoms with Gasteiger partial charge in [0.05, 0.1) is 0 Å². The number of rotatable bonds is 3. The molecule has 0 aromatic heterocycles. The maximum atomic E-state index is 13.6. The van der Waals surface area contributed by atoms with Crippen LogP contribution in [-0.2, 0) is 16.1 Å². The average Bonchev–Trinajstić information content (AvgIpc) is 2.40. The summed E-state index contributed by atoms with van der Waals surface area (Å²) in [5.41, 5.74) is 1.07. The topological polar surface area (TPSA) is 46.5 Å². The SMILES string of the molecule is C=C(C)C(=O)OCc1ccc2c(F)c(O)ccc2c1. The minimum absolute atomic E-state index is 0.101. The number of benzene rings is 2. The summed E-state index contributed by atoms with van der Waals surface area (Å²) < 4.78 is 18.6. The highest BCUT2D eigenvalue weighted by Crippen LogP contribution is 2.26. The molecule has 0 aliphatic rings. The van der Waals surface area contributed by atoms with Gasteiger partial charge in [0, 0.05) is 11.0 Å². The molecule has 0 atom stereocenters. The fraction of sp³-hybridized carbons (Fsp3) is 0.133. The Kier molecular flexibility index (Phi) is 3.51. The van der Waals surface area contributed by atoms with Crippen LogP contribution in [0.15, 0.2) is 42.5 Å². The normalized spacial score (nSPS) is 10.4. The second kappa shape index (κ2) is 5.10. The second-order valence-electron chi connectivity index (χ2n) is 4.31. The molecule has 0 amide bonds. The summed E-state index contributed by atoms with van der Waals surface area (Å²) in [5.74, 6) is -1.49. The molecule has 0 spiro atoms. The number of carbonyl (C=O) groups excluding carboxylic acids is 1. The maximum absolute atomic E-state index is 13.6. The van der Waals surface area contributed by atoms with Crippen LogP contribution in [0.4, 0.5) is 4.39 Å². The largest absolute Gasteiger partial charge is 0.505 e. The van der Waals surface area contributed by atoms with Crippen LogP contribution < -0.4 is 0 Å². The van der Waals surface area contributed by atoms with Gasteiger partial charge in [-0.15, -0.1) is 0 Å². The van der Waals surface area contributed by atoms with Crippen molar-refractivity contribution in [2.24, 2.45) is 0 Å². The van der Waals surface area contributed by atoms with Crippen LogP contribution in [0.1, 0.15) is 12.5 Å². The molecule has 98 valence electrons. The number of aromatic hydroxyl groups is 1. The number of phenols is 1. The van der Waals surface area contributed by atoms with Crippen LogP contribution in [0, 0.1) is 5.82 Å². The van der Waals surface area contributed by atoms with Gasteiger partial charge in [0.15, 0.2) is 11.6 Å². The minimum Gasteiger partial charge on any atom is -0.505 e. The smallest absolute Gasteiger partial charge is 0.333 e. The van der Waals surface area contributed by atoms with Gasteiger partial charge in [0.2, 0.25) is 0 Å². The fourth-order valence-electron chi connectivity index (χ4n) is 1.69. The van der Waals surface area contributed by atoms with Gasteiger partial charge in [-0.3, -0.25) is 0 Å². The summed E-state index contributed by atoms with van der Waals surface area (Å²) in [6, 6.07) is 7.81. The number of hydrogen-bond acceptors (Lipinski definition) is 3. The lowest BCUT2D eigenvalue weighted by Gasteiger charge is -2.07. The lowest BCUT2D eigenvalue weighted by Crippen LogP contribution is -2.04. The summed E-state index contributed by atoms with van der Waals surface area (Å²) in [7, 11) is 0. The molecule has 2 aromatic rings. The zero-order chi connectivity index (χ0) is 14.0. The molecule has 0 bridgehead atoms.